The van der Waals surface area contributed by atoms with E-state index in [4.69, 9.17) is 21.1 Å². The lowest BCUT2D eigenvalue weighted by Crippen LogP contribution is -2.19. The van der Waals surface area contributed by atoms with Gasteiger partial charge in [0.15, 0.2) is 11.5 Å². The fraction of sp³-hybridized carbons (Fsp3) is 0.200. The number of nitrogens with zero attached hydrogens (tertiary/aromatic N) is 2. The molecule has 0 bridgehead atoms. The first-order valence-corrected chi connectivity index (χ1v) is 12.2. The van der Waals surface area contributed by atoms with E-state index in [0.29, 0.717) is 35.5 Å². The van der Waals surface area contributed by atoms with Crippen molar-refractivity contribution in [1.29, 1.82) is 0 Å². The average Bonchev–Trinajstić information content (AvgIpc) is 2.84. The lowest BCUT2D eigenvalue weighted by atomic mass is 10.2. The summed E-state index contributed by atoms with van der Waals surface area (Å²) in [5, 5.41) is 15.4. The number of carbonyl (C=O) groups excluding carboxylic acids is 1. The first-order valence-electron chi connectivity index (χ1n) is 10.7. The third-order valence-electron chi connectivity index (χ3n) is 4.60. The SMILES string of the molecule is CCOc1cc(/C=N/NC(=O)CSCc2ccc([N+](=O)[O-])cc2)ccc1OCc1cccc(Cl)c1. The number of hydrogen-bond donors (Lipinski definition) is 1. The molecule has 3 aromatic rings. The minimum atomic E-state index is -0.443. The number of amides is 1. The van der Waals surface area contributed by atoms with Crippen LogP contribution in [-0.2, 0) is 17.2 Å². The highest BCUT2D eigenvalue weighted by atomic mass is 35.5. The van der Waals surface area contributed by atoms with Crippen LogP contribution in [0.2, 0.25) is 5.02 Å². The molecule has 3 rings (SSSR count). The van der Waals surface area contributed by atoms with E-state index < -0.39 is 4.92 Å². The van der Waals surface area contributed by atoms with E-state index in [-0.39, 0.29) is 17.3 Å². The van der Waals surface area contributed by atoms with Crippen molar-refractivity contribution >= 4 is 41.2 Å². The van der Waals surface area contributed by atoms with Gasteiger partial charge in [-0.05, 0) is 53.9 Å². The van der Waals surface area contributed by atoms with Crippen LogP contribution in [-0.4, -0.2) is 29.4 Å². The molecule has 0 radical (unpaired) electrons. The number of nitro benzene ring substituents is 1. The van der Waals surface area contributed by atoms with Gasteiger partial charge in [-0.3, -0.25) is 14.9 Å². The highest BCUT2D eigenvalue weighted by Crippen LogP contribution is 2.29. The number of hydrazone groups is 1. The van der Waals surface area contributed by atoms with E-state index in [0.717, 1.165) is 16.7 Å². The maximum Gasteiger partial charge on any atom is 0.269 e. The fourth-order valence-corrected chi connectivity index (χ4v) is 3.96. The number of rotatable bonds is 12. The van der Waals surface area contributed by atoms with E-state index in [1.54, 1.807) is 30.3 Å². The zero-order valence-electron chi connectivity index (χ0n) is 19.0. The molecular weight excluding hydrogens is 490 g/mol. The number of ether oxygens (including phenoxy) is 2. The monoisotopic (exact) mass is 513 g/mol. The molecule has 1 amide bonds. The van der Waals surface area contributed by atoms with Crippen LogP contribution < -0.4 is 14.9 Å². The third-order valence-corrected chi connectivity index (χ3v) is 5.84. The molecule has 0 saturated heterocycles. The number of halogens is 1. The van der Waals surface area contributed by atoms with Crippen LogP contribution in [0.1, 0.15) is 23.6 Å². The van der Waals surface area contributed by atoms with Gasteiger partial charge >= 0.3 is 0 Å². The van der Waals surface area contributed by atoms with Crippen molar-refractivity contribution in [3.05, 3.63) is 98.6 Å². The number of benzene rings is 3. The number of non-ortho nitro benzene ring substituents is 1. The molecule has 0 aromatic heterocycles. The summed E-state index contributed by atoms with van der Waals surface area (Å²) < 4.78 is 11.6. The summed E-state index contributed by atoms with van der Waals surface area (Å²) in [7, 11) is 0. The molecule has 0 aliphatic rings. The van der Waals surface area contributed by atoms with Gasteiger partial charge in [0.05, 0.1) is 23.5 Å². The van der Waals surface area contributed by atoms with Crippen LogP contribution in [0, 0.1) is 10.1 Å². The molecule has 35 heavy (non-hydrogen) atoms. The summed E-state index contributed by atoms with van der Waals surface area (Å²) in [5.74, 6) is 1.68. The van der Waals surface area contributed by atoms with Gasteiger partial charge < -0.3 is 9.47 Å². The van der Waals surface area contributed by atoms with Crippen molar-refractivity contribution in [2.24, 2.45) is 5.10 Å². The van der Waals surface area contributed by atoms with Crippen LogP contribution >= 0.6 is 23.4 Å². The van der Waals surface area contributed by atoms with Crippen LogP contribution in [0.3, 0.4) is 0 Å². The molecule has 10 heteroatoms. The van der Waals surface area contributed by atoms with Gasteiger partial charge in [0.25, 0.3) is 5.69 Å². The Hall–Kier alpha value is -3.56. The molecular formula is C25H24ClN3O5S. The molecule has 0 atom stereocenters. The summed E-state index contributed by atoms with van der Waals surface area (Å²) in [4.78, 5) is 22.3. The van der Waals surface area contributed by atoms with E-state index in [2.05, 4.69) is 10.5 Å². The van der Waals surface area contributed by atoms with E-state index >= 15 is 0 Å². The largest absolute Gasteiger partial charge is 0.490 e. The predicted octanol–water partition coefficient (Wildman–Crippen LogP) is 5.61. The average molecular weight is 514 g/mol. The Morgan fingerprint density at radius 1 is 1.09 bits per heavy atom. The number of hydrogen-bond acceptors (Lipinski definition) is 7. The number of nitro groups is 1. The maximum absolute atomic E-state index is 12.0. The van der Waals surface area contributed by atoms with Crippen molar-refractivity contribution < 1.29 is 19.2 Å². The second-order valence-corrected chi connectivity index (χ2v) is 8.69. The van der Waals surface area contributed by atoms with Crippen molar-refractivity contribution in [2.45, 2.75) is 19.3 Å². The lowest BCUT2D eigenvalue weighted by Gasteiger charge is -2.12. The number of carbonyl (C=O) groups is 1. The summed E-state index contributed by atoms with van der Waals surface area (Å²) in [6.45, 7) is 2.70. The number of nitrogens with one attached hydrogen (secondary N) is 1. The Balaban J connectivity index is 1.48. The zero-order chi connectivity index (χ0) is 25.0. The van der Waals surface area contributed by atoms with Crippen LogP contribution in [0.5, 0.6) is 11.5 Å². The standard InChI is InChI=1S/C25H24ClN3O5S/c1-2-33-24-13-19(8-11-23(24)34-15-20-4-3-5-21(26)12-20)14-27-28-25(30)17-35-16-18-6-9-22(10-7-18)29(31)32/h3-14H,2,15-17H2,1H3,(H,28,30)/b27-14+. The van der Waals surface area contributed by atoms with Crippen molar-refractivity contribution in [3.63, 3.8) is 0 Å². The van der Waals surface area contributed by atoms with Crippen molar-refractivity contribution in [2.75, 3.05) is 12.4 Å². The van der Waals surface area contributed by atoms with E-state index in [1.165, 1.54) is 30.1 Å². The molecule has 0 unspecified atom stereocenters. The molecule has 3 aromatic carbocycles. The molecule has 0 fully saturated rings. The lowest BCUT2D eigenvalue weighted by molar-refractivity contribution is -0.384. The van der Waals surface area contributed by atoms with Gasteiger partial charge in [-0.15, -0.1) is 11.8 Å². The molecule has 1 N–H and O–H groups in total. The van der Waals surface area contributed by atoms with E-state index in [9.17, 15) is 14.9 Å². The quantitative estimate of drug-likeness (QED) is 0.192. The topological polar surface area (TPSA) is 103 Å². The molecule has 0 aliphatic heterocycles. The molecule has 0 heterocycles. The van der Waals surface area contributed by atoms with Crippen LogP contribution in [0.15, 0.2) is 71.8 Å². The predicted molar refractivity (Wildman–Crippen MR) is 138 cm³/mol. The van der Waals surface area contributed by atoms with Gasteiger partial charge in [-0.2, -0.15) is 5.10 Å². The molecule has 0 saturated carbocycles. The first kappa shape index (κ1) is 26.1. The van der Waals surface area contributed by atoms with Crippen molar-refractivity contribution in [3.8, 4) is 11.5 Å². The highest BCUT2D eigenvalue weighted by Gasteiger charge is 2.08. The maximum atomic E-state index is 12.0. The second-order valence-electron chi connectivity index (χ2n) is 7.27. The van der Waals surface area contributed by atoms with Gasteiger partial charge in [0.2, 0.25) is 5.91 Å². The third kappa shape index (κ3) is 8.62. The summed E-state index contributed by atoms with van der Waals surface area (Å²) in [5.41, 5.74) is 5.12. The fourth-order valence-electron chi connectivity index (χ4n) is 2.97. The molecule has 8 nitrogen and oxygen atoms in total. The van der Waals surface area contributed by atoms with Crippen LogP contribution in [0.25, 0.3) is 0 Å². The minimum Gasteiger partial charge on any atom is -0.490 e. The molecule has 0 aliphatic carbocycles. The van der Waals surface area contributed by atoms with Gasteiger partial charge in [-0.25, -0.2) is 5.43 Å². The Bertz CT molecular complexity index is 1190. The van der Waals surface area contributed by atoms with Gasteiger partial charge in [-0.1, -0.05) is 35.9 Å². The number of thioether (sulfide) groups is 1. The summed E-state index contributed by atoms with van der Waals surface area (Å²) in [6.07, 6.45) is 1.53. The Morgan fingerprint density at radius 3 is 2.60 bits per heavy atom. The second kappa shape index (κ2) is 13.4. The summed E-state index contributed by atoms with van der Waals surface area (Å²) in [6, 6.07) is 19.1. The van der Waals surface area contributed by atoms with Gasteiger partial charge in [0.1, 0.15) is 6.61 Å². The smallest absolute Gasteiger partial charge is 0.269 e. The zero-order valence-corrected chi connectivity index (χ0v) is 20.6. The Labute approximate surface area is 212 Å². The molecule has 182 valence electrons. The van der Waals surface area contributed by atoms with Crippen LogP contribution in [0.4, 0.5) is 5.69 Å². The minimum absolute atomic E-state index is 0.0408. The summed E-state index contributed by atoms with van der Waals surface area (Å²) >= 11 is 7.41. The Morgan fingerprint density at radius 2 is 1.89 bits per heavy atom. The first-order chi connectivity index (χ1) is 16.9. The normalized spacial score (nSPS) is 10.8. The van der Waals surface area contributed by atoms with Gasteiger partial charge in [0, 0.05) is 22.9 Å². The Kier molecular flexibility index (Phi) is 9.94. The highest BCUT2D eigenvalue weighted by molar-refractivity contribution is 7.99. The van der Waals surface area contributed by atoms with Crippen molar-refractivity contribution in [1.82, 2.24) is 5.43 Å². The molecule has 0 spiro atoms. The van der Waals surface area contributed by atoms with E-state index in [1.807, 2.05) is 31.2 Å².